The Balaban J connectivity index is 1.36. The van der Waals surface area contributed by atoms with E-state index in [-0.39, 0.29) is 23.2 Å². The molecule has 0 radical (unpaired) electrons. The average molecular weight is 700 g/mol. The molecule has 7 rings (SSSR count). The van der Waals surface area contributed by atoms with Gasteiger partial charge in [0.25, 0.3) is 5.91 Å². The largest absolute Gasteiger partial charge is 0.494 e. The first kappa shape index (κ1) is 32.7. The summed E-state index contributed by atoms with van der Waals surface area (Å²) in [6.45, 7) is 10.8. The number of aromatic nitrogens is 5. The van der Waals surface area contributed by atoms with Crippen LogP contribution in [0.4, 0.5) is 5.82 Å². The maximum atomic E-state index is 14.7. The molecular weight excluding hydrogens is 663 g/mol. The summed E-state index contributed by atoms with van der Waals surface area (Å²) in [5.41, 5.74) is 8.23. The number of hydrogen-bond donors (Lipinski definition) is 1. The molecule has 0 unspecified atom stereocenters. The van der Waals surface area contributed by atoms with Crippen LogP contribution in [0.2, 0.25) is 10.0 Å². The molecule has 1 aliphatic heterocycles. The van der Waals surface area contributed by atoms with E-state index in [0.717, 1.165) is 60.9 Å². The van der Waals surface area contributed by atoms with Crippen molar-refractivity contribution < 1.29 is 19.4 Å². The zero-order chi connectivity index (χ0) is 34.9. The smallest absolute Gasteiger partial charge is 0.339 e. The molecule has 0 saturated heterocycles. The number of rotatable bonds is 8. The maximum absolute atomic E-state index is 14.7. The highest BCUT2D eigenvalue weighted by atomic mass is 35.5. The van der Waals surface area contributed by atoms with Gasteiger partial charge in [-0.15, -0.1) is 0 Å². The fourth-order valence-electron chi connectivity index (χ4n) is 7.22. The van der Waals surface area contributed by atoms with Gasteiger partial charge >= 0.3 is 5.97 Å². The predicted octanol–water partition coefficient (Wildman–Crippen LogP) is 8.16. The van der Waals surface area contributed by atoms with Crippen LogP contribution >= 0.6 is 23.2 Å². The molecule has 0 aliphatic carbocycles. The zero-order valence-electron chi connectivity index (χ0n) is 28.1. The van der Waals surface area contributed by atoms with E-state index in [1.807, 2.05) is 63.7 Å². The molecule has 5 heterocycles. The quantitative estimate of drug-likeness (QED) is 0.161. The molecule has 1 N–H and O–H groups in total. The lowest BCUT2D eigenvalue weighted by Crippen LogP contribution is -2.43. The number of carboxylic acid groups (broad SMARTS) is 1. The third-order valence-corrected chi connectivity index (χ3v) is 10.5. The number of aromatic carboxylic acids is 1. The number of carbonyl (C=O) groups excluding carboxylic acids is 1. The standard InChI is InChI=1S/C37H36Cl2N6O4/c1-19-15-24(16-20(2)32(19)39)49-14-8-10-25-26-11-12-28(38)31(30-22(4)41-42(6)23(30)5)33(26)45-21(3)17-44(36(46)34(25)45)29-18-43-13-7-9-27(37(47)48)35(43)40-29/h7,9,11-13,15-16,18,21H,8,10,14,17H2,1-6H3,(H,47,48)/t21-/m1/s1. The van der Waals surface area contributed by atoms with E-state index < -0.39 is 5.97 Å². The van der Waals surface area contributed by atoms with Crippen LogP contribution < -0.4 is 9.64 Å². The van der Waals surface area contributed by atoms with Gasteiger partial charge in [-0.05, 0) is 94.5 Å². The number of carboxylic acids is 1. The van der Waals surface area contributed by atoms with Gasteiger partial charge in [0.05, 0.1) is 29.0 Å². The van der Waals surface area contributed by atoms with Crippen LogP contribution in [0.5, 0.6) is 5.75 Å². The molecule has 49 heavy (non-hydrogen) atoms. The van der Waals surface area contributed by atoms with E-state index in [2.05, 4.69) is 21.6 Å². The summed E-state index contributed by atoms with van der Waals surface area (Å²) >= 11 is 13.4. The number of anilines is 1. The average Bonchev–Trinajstić information content (AvgIpc) is 3.71. The van der Waals surface area contributed by atoms with Gasteiger partial charge in [-0.25, -0.2) is 9.78 Å². The Hall–Kier alpha value is -4.80. The van der Waals surface area contributed by atoms with Crippen molar-refractivity contribution in [3.8, 4) is 16.9 Å². The number of carbonyl (C=O) groups is 2. The summed E-state index contributed by atoms with van der Waals surface area (Å²) < 4.78 is 11.8. The lowest BCUT2D eigenvalue weighted by atomic mass is 9.98. The molecule has 1 atom stereocenters. The predicted molar refractivity (Wildman–Crippen MR) is 192 cm³/mol. The number of ether oxygens (including phenoxy) is 1. The molecule has 0 saturated carbocycles. The number of imidazole rings is 1. The van der Waals surface area contributed by atoms with E-state index in [0.29, 0.717) is 42.5 Å². The molecule has 0 fully saturated rings. The summed E-state index contributed by atoms with van der Waals surface area (Å²) in [5.74, 6) is -0.151. The third-order valence-electron chi connectivity index (χ3n) is 9.54. The van der Waals surface area contributed by atoms with E-state index in [1.165, 1.54) is 6.07 Å². The van der Waals surface area contributed by atoms with Crippen molar-refractivity contribution in [3.05, 3.63) is 98.2 Å². The number of halogens is 2. The Morgan fingerprint density at radius 2 is 1.82 bits per heavy atom. The number of nitrogens with zero attached hydrogens (tertiary/aromatic N) is 6. The van der Waals surface area contributed by atoms with Crippen molar-refractivity contribution in [3.63, 3.8) is 0 Å². The minimum atomic E-state index is -1.08. The van der Waals surface area contributed by atoms with Gasteiger partial charge in [-0.2, -0.15) is 5.10 Å². The number of amides is 1. The number of pyridine rings is 1. The monoisotopic (exact) mass is 698 g/mol. The Morgan fingerprint density at radius 3 is 2.49 bits per heavy atom. The first-order valence-electron chi connectivity index (χ1n) is 16.2. The fraction of sp³-hybridized carbons (Fsp3) is 0.297. The minimum Gasteiger partial charge on any atom is -0.494 e. The number of aryl methyl sites for hydroxylation is 5. The van der Waals surface area contributed by atoms with Crippen molar-refractivity contribution >= 4 is 57.4 Å². The fourth-order valence-corrected chi connectivity index (χ4v) is 7.58. The molecule has 4 aromatic heterocycles. The second-order valence-corrected chi connectivity index (χ2v) is 13.6. The molecular formula is C37H36Cl2N6O4. The van der Waals surface area contributed by atoms with Crippen molar-refractivity contribution in [1.29, 1.82) is 0 Å². The molecule has 10 nitrogen and oxygen atoms in total. The molecule has 2 aromatic carbocycles. The Kier molecular flexibility index (Phi) is 8.19. The van der Waals surface area contributed by atoms with Crippen molar-refractivity contribution in [2.45, 2.75) is 53.5 Å². The highest BCUT2D eigenvalue weighted by Crippen LogP contribution is 2.45. The molecule has 0 spiro atoms. The maximum Gasteiger partial charge on any atom is 0.339 e. The van der Waals surface area contributed by atoms with Gasteiger partial charge in [0.15, 0.2) is 11.5 Å². The van der Waals surface area contributed by atoms with Crippen molar-refractivity contribution in [2.75, 3.05) is 18.1 Å². The summed E-state index contributed by atoms with van der Waals surface area (Å²) in [7, 11) is 1.91. The van der Waals surface area contributed by atoms with Gasteiger partial charge in [0.1, 0.15) is 17.0 Å². The molecule has 1 amide bonds. The molecule has 1 aliphatic rings. The normalized spacial score (nSPS) is 14.7. The second kappa shape index (κ2) is 12.3. The van der Waals surface area contributed by atoms with Crippen LogP contribution in [-0.2, 0) is 13.5 Å². The Bertz CT molecular complexity index is 2310. The van der Waals surface area contributed by atoms with Gasteiger partial charge < -0.3 is 18.8 Å². The van der Waals surface area contributed by atoms with E-state index in [9.17, 15) is 14.7 Å². The molecule has 252 valence electrons. The topological polar surface area (TPSA) is 107 Å². The van der Waals surface area contributed by atoms with Crippen LogP contribution in [0.15, 0.2) is 48.8 Å². The Labute approximate surface area is 293 Å². The van der Waals surface area contributed by atoms with Gasteiger partial charge in [0, 0.05) is 53.1 Å². The highest BCUT2D eigenvalue weighted by molar-refractivity contribution is 6.35. The van der Waals surface area contributed by atoms with E-state index in [4.69, 9.17) is 27.9 Å². The Morgan fingerprint density at radius 1 is 1.08 bits per heavy atom. The minimum absolute atomic E-state index is 0.0635. The number of benzene rings is 2. The summed E-state index contributed by atoms with van der Waals surface area (Å²) in [6.07, 6.45) is 4.65. The van der Waals surface area contributed by atoms with Gasteiger partial charge in [-0.1, -0.05) is 29.3 Å². The molecule has 12 heteroatoms. The SMILES string of the molecule is Cc1cc(OCCCc2c3n(c4c(-c5c(C)nn(C)c5C)c(Cl)ccc24)[C@H](C)CN(c2cn4cccc(C(=O)O)c4n2)C3=O)cc(C)c1Cl. The van der Waals surface area contributed by atoms with Crippen LogP contribution in [0, 0.1) is 27.7 Å². The molecule has 6 aromatic rings. The number of fused-ring (bicyclic) bond motifs is 4. The van der Waals surface area contributed by atoms with Crippen LogP contribution in [0.25, 0.3) is 27.7 Å². The lowest BCUT2D eigenvalue weighted by molar-refractivity contribution is 0.0698. The summed E-state index contributed by atoms with van der Waals surface area (Å²) in [5, 5.41) is 16.7. The molecule has 0 bridgehead atoms. The second-order valence-electron chi connectivity index (χ2n) is 12.8. The summed E-state index contributed by atoms with van der Waals surface area (Å²) in [4.78, 5) is 33.0. The highest BCUT2D eigenvalue weighted by Gasteiger charge is 2.37. The van der Waals surface area contributed by atoms with Crippen molar-refractivity contribution in [2.24, 2.45) is 7.05 Å². The van der Waals surface area contributed by atoms with Crippen LogP contribution in [0.1, 0.15) is 68.3 Å². The van der Waals surface area contributed by atoms with Crippen LogP contribution in [0.3, 0.4) is 0 Å². The first-order valence-corrected chi connectivity index (χ1v) is 16.9. The van der Waals surface area contributed by atoms with Crippen LogP contribution in [-0.4, -0.2) is 53.9 Å². The van der Waals surface area contributed by atoms with Gasteiger partial charge in [-0.3, -0.25) is 14.4 Å². The lowest BCUT2D eigenvalue weighted by Gasteiger charge is -2.33. The number of hydrogen-bond acceptors (Lipinski definition) is 5. The van der Waals surface area contributed by atoms with E-state index in [1.54, 1.807) is 27.8 Å². The van der Waals surface area contributed by atoms with Crippen molar-refractivity contribution in [1.82, 2.24) is 23.7 Å². The third kappa shape index (κ3) is 5.34. The van der Waals surface area contributed by atoms with E-state index >= 15 is 0 Å². The zero-order valence-corrected chi connectivity index (χ0v) is 29.6. The first-order chi connectivity index (χ1) is 23.4. The summed E-state index contributed by atoms with van der Waals surface area (Å²) in [6, 6.07) is 10.8. The van der Waals surface area contributed by atoms with Gasteiger partial charge in [0.2, 0.25) is 0 Å².